The van der Waals surface area contributed by atoms with Crippen molar-refractivity contribution in [3.05, 3.63) is 60.3 Å². The summed E-state index contributed by atoms with van der Waals surface area (Å²) >= 11 is 0. The Hall–Kier alpha value is -3.56. The van der Waals surface area contributed by atoms with E-state index in [0.717, 1.165) is 18.1 Å². The molecule has 0 aromatic carbocycles. The van der Waals surface area contributed by atoms with Crippen molar-refractivity contribution in [1.29, 1.82) is 0 Å². The lowest BCUT2D eigenvalue weighted by atomic mass is 10.2. The van der Waals surface area contributed by atoms with E-state index in [1.807, 2.05) is 24.7 Å². The molecule has 0 saturated carbocycles. The second-order valence-electron chi connectivity index (χ2n) is 6.06. The standard InChI is InChI=1S/C17H16FN9/c1-10(15-21-6-11(18)7-22-15)24-17-25-13(5-12-8-27(2)9-23-12)14-16(26-17)20-4-3-19-14/h3-4,6-10H,5H2,1-2H3,(H,20,24,25,26)/t10-/m0/s1. The van der Waals surface area contributed by atoms with Gasteiger partial charge in [-0.15, -0.1) is 0 Å². The molecular formula is C17H16FN9. The Balaban J connectivity index is 1.67. The van der Waals surface area contributed by atoms with Crippen molar-refractivity contribution in [3.8, 4) is 0 Å². The smallest absolute Gasteiger partial charge is 0.225 e. The topological polar surface area (TPSA) is 107 Å². The number of aryl methyl sites for hydroxylation is 1. The molecule has 4 rings (SSSR count). The largest absolute Gasteiger partial charge is 0.344 e. The van der Waals surface area contributed by atoms with Gasteiger partial charge in [-0.25, -0.2) is 34.3 Å². The van der Waals surface area contributed by atoms with Gasteiger partial charge in [0.05, 0.1) is 36.2 Å². The van der Waals surface area contributed by atoms with Crippen molar-refractivity contribution in [1.82, 2.24) is 39.5 Å². The fraction of sp³-hybridized carbons (Fsp3) is 0.235. The third kappa shape index (κ3) is 3.68. The minimum atomic E-state index is -0.485. The Morgan fingerprint density at radius 2 is 1.85 bits per heavy atom. The highest BCUT2D eigenvalue weighted by Crippen LogP contribution is 2.19. The first-order valence-corrected chi connectivity index (χ1v) is 8.27. The molecule has 0 radical (unpaired) electrons. The van der Waals surface area contributed by atoms with Crippen LogP contribution < -0.4 is 5.32 Å². The average Bonchev–Trinajstić information content (AvgIpc) is 3.07. The van der Waals surface area contributed by atoms with Crippen LogP contribution in [0.15, 0.2) is 37.3 Å². The summed E-state index contributed by atoms with van der Waals surface area (Å²) in [6, 6.07) is -0.317. The van der Waals surface area contributed by atoms with Gasteiger partial charge in [-0.1, -0.05) is 0 Å². The number of anilines is 1. The van der Waals surface area contributed by atoms with E-state index in [1.165, 1.54) is 0 Å². The highest BCUT2D eigenvalue weighted by Gasteiger charge is 2.15. The molecule has 4 aromatic rings. The van der Waals surface area contributed by atoms with Gasteiger partial charge in [-0.05, 0) is 6.92 Å². The molecule has 0 aliphatic heterocycles. The van der Waals surface area contributed by atoms with Crippen LogP contribution in [0.25, 0.3) is 11.2 Å². The van der Waals surface area contributed by atoms with Crippen LogP contribution in [0, 0.1) is 5.82 Å². The maximum atomic E-state index is 13.0. The maximum absolute atomic E-state index is 13.0. The normalized spacial score (nSPS) is 12.3. The second-order valence-corrected chi connectivity index (χ2v) is 6.06. The van der Waals surface area contributed by atoms with E-state index in [2.05, 4.69) is 40.2 Å². The molecule has 4 aromatic heterocycles. The van der Waals surface area contributed by atoms with Gasteiger partial charge in [0.2, 0.25) is 5.95 Å². The lowest BCUT2D eigenvalue weighted by Crippen LogP contribution is -2.14. The summed E-state index contributed by atoms with van der Waals surface area (Å²) < 4.78 is 14.9. The molecule has 0 unspecified atom stereocenters. The fourth-order valence-electron chi connectivity index (χ4n) is 2.64. The first-order chi connectivity index (χ1) is 13.1. The number of rotatable bonds is 5. The summed E-state index contributed by atoms with van der Waals surface area (Å²) in [5, 5.41) is 3.14. The van der Waals surface area contributed by atoms with Gasteiger partial charge >= 0.3 is 0 Å². The van der Waals surface area contributed by atoms with E-state index >= 15 is 0 Å². The van der Waals surface area contributed by atoms with E-state index in [0.29, 0.717) is 35.1 Å². The number of nitrogens with zero attached hydrogens (tertiary/aromatic N) is 8. The Bertz CT molecular complexity index is 1080. The molecule has 0 aliphatic rings. The Morgan fingerprint density at radius 1 is 1.07 bits per heavy atom. The summed E-state index contributed by atoms with van der Waals surface area (Å²) in [6.07, 6.45) is 9.59. The Kier molecular flexibility index (Phi) is 4.37. The molecule has 27 heavy (non-hydrogen) atoms. The molecule has 0 saturated heterocycles. The van der Waals surface area contributed by atoms with Gasteiger partial charge < -0.3 is 9.88 Å². The van der Waals surface area contributed by atoms with Gasteiger partial charge in [-0.2, -0.15) is 4.98 Å². The highest BCUT2D eigenvalue weighted by atomic mass is 19.1. The molecule has 1 atom stereocenters. The minimum Gasteiger partial charge on any atom is -0.344 e. The SMILES string of the molecule is C[C@H](Nc1nc(Cc2cn(C)cn2)c2nccnc2n1)c1ncc(F)cn1. The molecule has 0 aliphatic carbocycles. The second kappa shape index (κ2) is 6.98. The quantitative estimate of drug-likeness (QED) is 0.571. The van der Waals surface area contributed by atoms with Crippen molar-refractivity contribution in [2.24, 2.45) is 7.05 Å². The number of hydrogen-bond acceptors (Lipinski definition) is 8. The summed E-state index contributed by atoms with van der Waals surface area (Å²) in [6.45, 7) is 1.84. The average molecular weight is 365 g/mol. The van der Waals surface area contributed by atoms with Crippen LogP contribution in [0.5, 0.6) is 0 Å². The highest BCUT2D eigenvalue weighted by molar-refractivity contribution is 5.73. The van der Waals surface area contributed by atoms with Crippen molar-refractivity contribution in [2.75, 3.05) is 5.32 Å². The van der Waals surface area contributed by atoms with Gasteiger partial charge in [0.1, 0.15) is 11.3 Å². The lowest BCUT2D eigenvalue weighted by Gasteiger charge is -2.13. The molecule has 0 spiro atoms. The monoisotopic (exact) mass is 365 g/mol. The zero-order chi connectivity index (χ0) is 18.8. The van der Waals surface area contributed by atoms with Crippen molar-refractivity contribution in [3.63, 3.8) is 0 Å². The van der Waals surface area contributed by atoms with Crippen LogP contribution in [-0.4, -0.2) is 39.5 Å². The van der Waals surface area contributed by atoms with Crippen molar-refractivity contribution in [2.45, 2.75) is 19.4 Å². The van der Waals surface area contributed by atoms with E-state index in [9.17, 15) is 4.39 Å². The van der Waals surface area contributed by atoms with Gasteiger partial charge in [-0.3, -0.25) is 0 Å². The third-order valence-corrected chi connectivity index (χ3v) is 3.89. The number of nitrogens with one attached hydrogen (secondary N) is 1. The van der Waals surface area contributed by atoms with Crippen LogP contribution in [0.4, 0.5) is 10.3 Å². The zero-order valence-corrected chi connectivity index (χ0v) is 14.7. The lowest BCUT2D eigenvalue weighted by molar-refractivity contribution is 0.604. The zero-order valence-electron chi connectivity index (χ0n) is 14.7. The van der Waals surface area contributed by atoms with Crippen LogP contribution in [0.3, 0.4) is 0 Å². The molecule has 10 heteroatoms. The summed E-state index contributed by atoms with van der Waals surface area (Å²) in [7, 11) is 1.91. The van der Waals surface area contributed by atoms with Crippen LogP contribution in [0.1, 0.15) is 30.2 Å². The third-order valence-electron chi connectivity index (χ3n) is 3.89. The van der Waals surface area contributed by atoms with E-state index in [4.69, 9.17) is 0 Å². The first kappa shape index (κ1) is 16.9. The predicted molar refractivity (Wildman–Crippen MR) is 95.2 cm³/mol. The summed E-state index contributed by atoms with van der Waals surface area (Å²) in [5.74, 6) is 0.320. The molecular weight excluding hydrogens is 349 g/mol. The van der Waals surface area contributed by atoms with Crippen LogP contribution in [-0.2, 0) is 13.5 Å². The molecule has 136 valence electrons. The first-order valence-electron chi connectivity index (χ1n) is 8.27. The molecule has 9 nitrogen and oxygen atoms in total. The number of aromatic nitrogens is 8. The maximum Gasteiger partial charge on any atom is 0.225 e. The van der Waals surface area contributed by atoms with E-state index < -0.39 is 5.82 Å². The number of hydrogen-bond donors (Lipinski definition) is 1. The van der Waals surface area contributed by atoms with Crippen molar-refractivity contribution >= 4 is 17.1 Å². The van der Waals surface area contributed by atoms with Crippen molar-refractivity contribution < 1.29 is 4.39 Å². The Labute approximate surface area is 153 Å². The van der Waals surface area contributed by atoms with Crippen LogP contribution in [0.2, 0.25) is 0 Å². The predicted octanol–water partition coefficient (Wildman–Crippen LogP) is 1.85. The van der Waals surface area contributed by atoms with Gasteiger partial charge in [0.25, 0.3) is 0 Å². The number of halogens is 1. The van der Waals surface area contributed by atoms with Gasteiger partial charge in [0.15, 0.2) is 11.5 Å². The minimum absolute atomic E-state index is 0.317. The molecule has 0 fully saturated rings. The molecule has 0 bridgehead atoms. The molecule has 0 amide bonds. The summed E-state index contributed by atoms with van der Waals surface area (Å²) in [5.41, 5.74) is 2.68. The van der Waals surface area contributed by atoms with E-state index in [-0.39, 0.29) is 6.04 Å². The fourth-order valence-corrected chi connectivity index (χ4v) is 2.64. The summed E-state index contributed by atoms with van der Waals surface area (Å²) in [4.78, 5) is 29.9. The Morgan fingerprint density at radius 3 is 2.59 bits per heavy atom. The number of imidazole rings is 1. The molecule has 1 N–H and O–H groups in total. The van der Waals surface area contributed by atoms with Crippen LogP contribution >= 0.6 is 0 Å². The number of fused-ring (bicyclic) bond motifs is 1. The van der Waals surface area contributed by atoms with E-state index in [1.54, 1.807) is 18.7 Å². The van der Waals surface area contributed by atoms with Gasteiger partial charge in [0, 0.05) is 32.1 Å². The molecule has 4 heterocycles.